The first-order valence-electron chi connectivity index (χ1n) is 10.5. The molecule has 1 aliphatic heterocycles. The summed E-state index contributed by atoms with van der Waals surface area (Å²) in [6.45, 7) is 5.11. The molecule has 7 heteroatoms. The number of benzene rings is 1. The fourth-order valence-corrected chi connectivity index (χ4v) is 4.28. The monoisotopic (exact) mass is 427 g/mol. The molecule has 1 saturated heterocycles. The van der Waals surface area contributed by atoms with Crippen LogP contribution in [0, 0.1) is 5.92 Å². The second-order valence-corrected chi connectivity index (χ2v) is 8.69. The maximum absolute atomic E-state index is 13.0. The van der Waals surface area contributed by atoms with Gasteiger partial charge < -0.3 is 15.5 Å². The molecule has 1 fully saturated rings. The van der Waals surface area contributed by atoms with E-state index < -0.39 is 6.04 Å². The number of piperidine rings is 1. The molecule has 2 heterocycles. The van der Waals surface area contributed by atoms with Crippen molar-refractivity contribution in [2.75, 3.05) is 13.1 Å². The van der Waals surface area contributed by atoms with Crippen molar-refractivity contribution >= 4 is 29.1 Å². The highest BCUT2D eigenvalue weighted by Gasteiger charge is 2.34. The van der Waals surface area contributed by atoms with Crippen molar-refractivity contribution in [1.82, 2.24) is 15.5 Å². The molecule has 0 aliphatic carbocycles. The first-order chi connectivity index (χ1) is 14.5. The molecule has 3 amide bonds. The Morgan fingerprint density at radius 3 is 2.37 bits per heavy atom. The van der Waals surface area contributed by atoms with Crippen molar-refractivity contribution in [2.45, 2.75) is 45.2 Å². The Hall–Kier alpha value is -2.67. The van der Waals surface area contributed by atoms with E-state index in [9.17, 15) is 14.4 Å². The van der Waals surface area contributed by atoms with Gasteiger partial charge in [0.05, 0.1) is 4.88 Å². The molecule has 2 N–H and O–H groups in total. The molecular formula is C23H29N3O3S. The van der Waals surface area contributed by atoms with Crippen LogP contribution in [0.3, 0.4) is 0 Å². The van der Waals surface area contributed by atoms with E-state index in [0.29, 0.717) is 36.4 Å². The number of carbonyl (C=O) groups is 3. The van der Waals surface area contributed by atoms with E-state index in [1.54, 1.807) is 6.07 Å². The molecule has 0 spiro atoms. The first kappa shape index (κ1) is 22.0. The van der Waals surface area contributed by atoms with Crippen LogP contribution in [0.4, 0.5) is 0 Å². The van der Waals surface area contributed by atoms with Crippen LogP contribution in [-0.4, -0.2) is 47.8 Å². The van der Waals surface area contributed by atoms with Crippen LogP contribution in [0.15, 0.2) is 47.8 Å². The zero-order valence-electron chi connectivity index (χ0n) is 17.5. The summed E-state index contributed by atoms with van der Waals surface area (Å²) in [6.07, 6.45) is 2.16. The normalized spacial score (nSPS) is 16.5. The van der Waals surface area contributed by atoms with Crippen LogP contribution >= 0.6 is 11.3 Å². The van der Waals surface area contributed by atoms with Crippen LogP contribution in [0.25, 0.3) is 0 Å². The molecule has 2 atom stereocenters. The van der Waals surface area contributed by atoms with Crippen molar-refractivity contribution in [3.8, 4) is 0 Å². The van der Waals surface area contributed by atoms with Crippen molar-refractivity contribution in [3.63, 3.8) is 0 Å². The van der Waals surface area contributed by atoms with Crippen LogP contribution in [0.1, 0.15) is 53.1 Å². The fourth-order valence-electron chi connectivity index (χ4n) is 3.65. The van der Waals surface area contributed by atoms with E-state index in [0.717, 1.165) is 6.42 Å². The molecule has 30 heavy (non-hydrogen) atoms. The predicted molar refractivity (Wildman–Crippen MR) is 119 cm³/mol. The lowest BCUT2D eigenvalue weighted by Gasteiger charge is -2.36. The van der Waals surface area contributed by atoms with Gasteiger partial charge in [-0.25, -0.2) is 0 Å². The Kier molecular flexibility index (Phi) is 7.63. The number of thiophene rings is 1. The first-order valence-corrected chi connectivity index (χ1v) is 11.4. The largest absolute Gasteiger partial charge is 0.352 e. The Morgan fingerprint density at radius 1 is 1.07 bits per heavy atom. The third kappa shape index (κ3) is 5.48. The summed E-state index contributed by atoms with van der Waals surface area (Å²) in [7, 11) is 0. The molecule has 1 aliphatic rings. The SMILES string of the molecule is CC[C@H](C)NC(=O)[C@@H](NC(=O)c1cccs1)C1CCN(C(=O)c2ccccc2)CC1. The highest BCUT2D eigenvalue weighted by atomic mass is 32.1. The van der Waals surface area contributed by atoms with Crippen molar-refractivity contribution in [2.24, 2.45) is 5.92 Å². The van der Waals surface area contributed by atoms with Gasteiger partial charge in [0.25, 0.3) is 11.8 Å². The summed E-state index contributed by atoms with van der Waals surface area (Å²) in [5.41, 5.74) is 0.674. The number of amides is 3. The van der Waals surface area contributed by atoms with E-state index in [4.69, 9.17) is 0 Å². The summed E-state index contributed by atoms with van der Waals surface area (Å²) in [4.78, 5) is 40.7. The summed E-state index contributed by atoms with van der Waals surface area (Å²) >= 11 is 1.36. The zero-order valence-corrected chi connectivity index (χ0v) is 18.3. The molecule has 2 aromatic rings. The topological polar surface area (TPSA) is 78.5 Å². The second-order valence-electron chi connectivity index (χ2n) is 7.74. The average molecular weight is 428 g/mol. The van der Waals surface area contributed by atoms with Crippen LogP contribution in [0.5, 0.6) is 0 Å². The molecule has 3 rings (SSSR count). The molecule has 6 nitrogen and oxygen atoms in total. The van der Waals surface area contributed by atoms with Gasteiger partial charge in [-0.15, -0.1) is 11.3 Å². The lowest BCUT2D eigenvalue weighted by Crippen LogP contribution is -2.55. The van der Waals surface area contributed by atoms with E-state index in [-0.39, 0.29) is 29.7 Å². The fraction of sp³-hybridized carbons (Fsp3) is 0.435. The lowest BCUT2D eigenvalue weighted by molar-refractivity contribution is -0.125. The zero-order chi connectivity index (χ0) is 21.5. The molecular weight excluding hydrogens is 398 g/mol. The highest BCUT2D eigenvalue weighted by molar-refractivity contribution is 7.12. The molecule has 0 radical (unpaired) electrons. The summed E-state index contributed by atoms with van der Waals surface area (Å²) in [5, 5.41) is 7.80. The Morgan fingerprint density at radius 2 is 1.77 bits per heavy atom. The lowest BCUT2D eigenvalue weighted by atomic mass is 9.88. The average Bonchev–Trinajstić information content (AvgIpc) is 3.32. The van der Waals surface area contributed by atoms with Gasteiger partial charge in [0.15, 0.2) is 0 Å². The quantitative estimate of drug-likeness (QED) is 0.712. The smallest absolute Gasteiger partial charge is 0.262 e. The summed E-state index contributed by atoms with van der Waals surface area (Å²) in [5.74, 6) is -0.380. The molecule has 1 aromatic carbocycles. The van der Waals surface area contributed by atoms with E-state index >= 15 is 0 Å². The number of nitrogens with one attached hydrogen (secondary N) is 2. The van der Waals surface area contributed by atoms with Gasteiger partial charge in [-0.05, 0) is 55.7 Å². The van der Waals surface area contributed by atoms with Crippen molar-refractivity contribution in [3.05, 3.63) is 58.3 Å². The molecule has 160 valence electrons. The third-order valence-electron chi connectivity index (χ3n) is 5.63. The van der Waals surface area contributed by atoms with Crippen LogP contribution in [-0.2, 0) is 4.79 Å². The Labute approximate surface area is 181 Å². The van der Waals surface area contributed by atoms with Gasteiger partial charge in [0.2, 0.25) is 5.91 Å². The molecule has 1 aromatic heterocycles. The molecule has 0 bridgehead atoms. The van der Waals surface area contributed by atoms with Gasteiger partial charge in [-0.2, -0.15) is 0 Å². The minimum Gasteiger partial charge on any atom is -0.352 e. The van der Waals surface area contributed by atoms with Gasteiger partial charge in [-0.3, -0.25) is 14.4 Å². The Bertz CT molecular complexity index is 846. The molecule has 0 unspecified atom stereocenters. The standard InChI is InChI=1S/C23H29N3O3S/c1-3-16(2)24-22(28)20(25-21(27)19-10-7-15-30-19)17-11-13-26(14-12-17)23(29)18-8-5-4-6-9-18/h4-10,15-17,20H,3,11-14H2,1-2H3,(H,24,28)(H,25,27)/t16-,20-/m0/s1. The maximum atomic E-state index is 13.0. The van der Waals surface area contributed by atoms with E-state index in [1.807, 2.05) is 60.5 Å². The number of carbonyl (C=O) groups excluding carboxylic acids is 3. The van der Waals surface area contributed by atoms with Crippen LogP contribution < -0.4 is 10.6 Å². The van der Waals surface area contributed by atoms with Crippen molar-refractivity contribution < 1.29 is 14.4 Å². The number of hydrogen-bond donors (Lipinski definition) is 2. The number of hydrogen-bond acceptors (Lipinski definition) is 4. The van der Waals surface area contributed by atoms with Crippen LogP contribution in [0.2, 0.25) is 0 Å². The number of nitrogens with zero attached hydrogens (tertiary/aromatic N) is 1. The summed E-state index contributed by atoms with van der Waals surface area (Å²) < 4.78 is 0. The highest BCUT2D eigenvalue weighted by Crippen LogP contribution is 2.23. The van der Waals surface area contributed by atoms with Crippen molar-refractivity contribution in [1.29, 1.82) is 0 Å². The van der Waals surface area contributed by atoms with E-state index in [2.05, 4.69) is 10.6 Å². The van der Waals surface area contributed by atoms with Gasteiger partial charge in [0, 0.05) is 24.7 Å². The van der Waals surface area contributed by atoms with E-state index in [1.165, 1.54) is 11.3 Å². The third-order valence-corrected chi connectivity index (χ3v) is 6.50. The Balaban J connectivity index is 1.67. The number of rotatable bonds is 7. The summed E-state index contributed by atoms with van der Waals surface area (Å²) in [6, 6.07) is 12.2. The molecule has 0 saturated carbocycles. The van der Waals surface area contributed by atoms with Gasteiger partial charge in [0.1, 0.15) is 6.04 Å². The minimum atomic E-state index is -0.609. The second kappa shape index (κ2) is 10.4. The van der Waals surface area contributed by atoms with Gasteiger partial charge in [-0.1, -0.05) is 31.2 Å². The predicted octanol–water partition coefficient (Wildman–Crippen LogP) is 3.31. The number of likely N-dealkylation sites (tertiary alicyclic amines) is 1. The van der Waals surface area contributed by atoms with Gasteiger partial charge >= 0.3 is 0 Å². The maximum Gasteiger partial charge on any atom is 0.262 e. The minimum absolute atomic E-state index is 0.0114.